The number of nitrogens with one attached hydrogen (secondary N) is 1. The van der Waals surface area contributed by atoms with E-state index in [1.165, 1.54) is 12.1 Å². The van der Waals surface area contributed by atoms with E-state index in [0.29, 0.717) is 13.1 Å². The number of halogens is 1. The Balaban J connectivity index is 2.71. The minimum Gasteiger partial charge on any atom is -0.502 e. The van der Waals surface area contributed by atoms with Gasteiger partial charge in [-0.1, -0.05) is 28.6 Å². The molecule has 0 aliphatic rings. The second-order valence-corrected chi connectivity index (χ2v) is 4.32. The van der Waals surface area contributed by atoms with E-state index in [4.69, 9.17) is 0 Å². The van der Waals surface area contributed by atoms with E-state index < -0.39 is 4.92 Å². The molecule has 1 aromatic carbocycles. The smallest absolute Gasteiger partial charge is 0.311 e. The van der Waals surface area contributed by atoms with Gasteiger partial charge in [0.15, 0.2) is 5.75 Å². The van der Waals surface area contributed by atoms with Crippen molar-refractivity contribution in [2.24, 2.45) is 0 Å². The summed E-state index contributed by atoms with van der Waals surface area (Å²) in [6.07, 6.45) is 0. The van der Waals surface area contributed by atoms with Crippen molar-refractivity contribution in [1.29, 1.82) is 0 Å². The summed E-state index contributed by atoms with van der Waals surface area (Å²) in [4.78, 5) is 9.95. The van der Waals surface area contributed by atoms with Crippen LogP contribution in [0.25, 0.3) is 0 Å². The number of nitro benzene ring substituents is 1. The van der Waals surface area contributed by atoms with E-state index >= 15 is 0 Å². The van der Waals surface area contributed by atoms with Gasteiger partial charge in [-0.25, -0.2) is 0 Å². The van der Waals surface area contributed by atoms with Gasteiger partial charge in [-0.3, -0.25) is 10.1 Å². The van der Waals surface area contributed by atoms with Crippen LogP contribution in [0.15, 0.2) is 29.3 Å². The van der Waals surface area contributed by atoms with Crippen molar-refractivity contribution in [2.45, 2.75) is 6.54 Å². The molecule has 0 atom stereocenters. The van der Waals surface area contributed by atoms with Crippen LogP contribution in [-0.4, -0.2) is 16.6 Å². The predicted molar refractivity (Wildman–Crippen MR) is 64.5 cm³/mol. The highest BCUT2D eigenvalue weighted by Gasteiger charge is 2.12. The molecule has 0 saturated heterocycles. The molecule has 0 heterocycles. The molecular weight excluding hydrogens is 276 g/mol. The summed E-state index contributed by atoms with van der Waals surface area (Å²) in [6.45, 7) is 4.71. The molecule has 6 heteroatoms. The largest absolute Gasteiger partial charge is 0.502 e. The van der Waals surface area contributed by atoms with Crippen LogP contribution in [-0.2, 0) is 6.54 Å². The molecule has 0 saturated carbocycles. The van der Waals surface area contributed by atoms with E-state index in [9.17, 15) is 15.2 Å². The molecule has 0 aliphatic heterocycles. The van der Waals surface area contributed by atoms with E-state index in [2.05, 4.69) is 27.8 Å². The standard InChI is InChI=1S/C10H11BrN2O3/c1-7(11)5-12-6-8-2-3-10(14)9(4-8)13(15)16/h2-4,12,14H,1,5-6H2. The van der Waals surface area contributed by atoms with Gasteiger partial charge in [0.25, 0.3) is 0 Å². The molecule has 0 bridgehead atoms. The number of phenolic OH excluding ortho intramolecular Hbond substituents is 1. The van der Waals surface area contributed by atoms with E-state index in [-0.39, 0.29) is 11.4 Å². The number of rotatable bonds is 5. The van der Waals surface area contributed by atoms with Crippen LogP contribution >= 0.6 is 15.9 Å². The monoisotopic (exact) mass is 286 g/mol. The molecule has 0 spiro atoms. The Morgan fingerprint density at radius 2 is 2.31 bits per heavy atom. The van der Waals surface area contributed by atoms with Gasteiger partial charge in [-0.2, -0.15) is 0 Å². The zero-order chi connectivity index (χ0) is 12.1. The average molecular weight is 287 g/mol. The van der Waals surface area contributed by atoms with Crippen LogP contribution in [0.1, 0.15) is 5.56 Å². The van der Waals surface area contributed by atoms with E-state index in [1.54, 1.807) is 6.07 Å². The van der Waals surface area contributed by atoms with E-state index in [1.807, 2.05) is 0 Å². The number of hydrogen-bond donors (Lipinski definition) is 2. The fourth-order valence-corrected chi connectivity index (χ4v) is 1.37. The van der Waals surface area contributed by atoms with Gasteiger partial charge in [-0.15, -0.1) is 0 Å². The van der Waals surface area contributed by atoms with E-state index in [0.717, 1.165) is 10.0 Å². The van der Waals surface area contributed by atoms with Gasteiger partial charge in [0.05, 0.1) is 4.92 Å². The Morgan fingerprint density at radius 1 is 1.62 bits per heavy atom. The summed E-state index contributed by atoms with van der Waals surface area (Å²) < 4.78 is 0.806. The SMILES string of the molecule is C=C(Br)CNCc1ccc(O)c([N+](=O)[O-])c1. The highest BCUT2D eigenvalue weighted by molar-refractivity contribution is 9.11. The average Bonchev–Trinajstić information content (AvgIpc) is 2.19. The Kier molecular flexibility index (Phi) is 4.45. The predicted octanol–water partition coefficient (Wildman–Crippen LogP) is 2.30. The minimum absolute atomic E-state index is 0.281. The fraction of sp³-hybridized carbons (Fsp3) is 0.200. The first-order chi connectivity index (χ1) is 7.50. The molecule has 0 radical (unpaired) electrons. The highest BCUT2D eigenvalue weighted by atomic mass is 79.9. The topological polar surface area (TPSA) is 75.4 Å². The maximum atomic E-state index is 10.6. The zero-order valence-corrected chi connectivity index (χ0v) is 10.0. The van der Waals surface area contributed by atoms with Crippen molar-refractivity contribution in [2.75, 3.05) is 6.54 Å². The van der Waals surface area contributed by atoms with Crippen molar-refractivity contribution in [3.8, 4) is 5.75 Å². The molecular formula is C10H11BrN2O3. The van der Waals surface area contributed by atoms with Crippen LogP contribution in [0.2, 0.25) is 0 Å². The van der Waals surface area contributed by atoms with Crippen LogP contribution in [0, 0.1) is 10.1 Å². The second-order valence-electron chi connectivity index (χ2n) is 3.20. The third-order valence-corrected chi connectivity index (χ3v) is 2.16. The molecule has 0 unspecified atom stereocenters. The molecule has 5 nitrogen and oxygen atoms in total. The third kappa shape index (κ3) is 3.63. The molecule has 16 heavy (non-hydrogen) atoms. The normalized spacial score (nSPS) is 10.1. The second kappa shape index (κ2) is 5.62. The van der Waals surface area contributed by atoms with Gasteiger partial charge in [0, 0.05) is 23.6 Å². The number of nitro groups is 1. The van der Waals surface area contributed by atoms with Crippen molar-refractivity contribution < 1.29 is 10.0 Å². The lowest BCUT2D eigenvalue weighted by atomic mass is 10.2. The summed E-state index contributed by atoms with van der Waals surface area (Å²) in [5.41, 5.74) is 0.454. The van der Waals surface area contributed by atoms with Crippen molar-refractivity contribution in [1.82, 2.24) is 5.32 Å². The summed E-state index contributed by atoms with van der Waals surface area (Å²) in [7, 11) is 0. The van der Waals surface area contributed by atoms with Gasteiger partial charge in [0.1, 0.15) is 0 Å². The summed E-state index contributed by atoms with van der Waals surface area (Å²) in [5, 5.41) is 22.8. The zero-order valence-electron chi connectivity index (χ0n) is 8.44. The summed E-state index contributed by atoms with van der Waals surface area (Å²) >= 11 is 3.19. The maximum absolute atomic E-state index is 10.6. The molecule has 0 amide bonds. The number of phenols is 1. The van der Waals surface area contributed by atoms with Gasteiger partial charge >= 0.3 is 5.69 Å². The highest BCUT2D eigenvalue weighted by Crippen LogP contribution is 2.26. The molecule has 1 rings (SSSR count). The quantitative estimate of drug-likeness (QED) is 0.643. The fourth-order valence-electron chi connectivity index (χ4n) is 1.17. The van der Waals surface area contributed by atoms with Crippen molar-refractivity contribution in [3.05, 3.63) is 44.9 Å². The first-order valence-electron chi connectivity index (χ1n) is 4.51. The number of hydrogen-bond acceptors (Lipinski definition) is 4. The Hall–Kier alpha value is -1.40. The molecule has 0 aliphatic carbocycles. The Morgan fingerprint density at radius 3 is 2.88 bits per heavy atom. The van der Waals surface area contributed by atoms with Gasteiger partial charge in [0.2, 0.25) is 0 Å². The molecule has 86 valence electrons. The Labute approximate surface area is 101 Å². The first-order valence-corrected chi connectivity index (χ1v) is 5.30. The minimum atomic E-state index is -0.609. The number of benzene rings is 1. The van der Waals surface area contributed by atoms with Gasteiger partial charge in [-0.05, 0) is 11.6 Å². The number of aromatic hydroxyl groups is 1. The van der Waals surface area contributed by atoms with Crippen LogP contribution in [0.5, 0.6) is 5.75 Å². The molecule has 1 aromatic rings. The van der Waals surface area contributed by atoms with Crippen LogP contribution in [0.3, 0.4) is 0 Å². The van der Waals surface area contributed by atoms with Gasteiger partial charge < -0.3 is 10.4 Å². The molecule has 0 aromatic heterocycles. The Bertz CT molecular complexity index is 421. The molecule has 0 fully saturated rings. The summed E-state index contributed by atoms with van der Waals surface area (Å²) in [5.74, 6) is -0.321. The summed E-state index contributed by atoms with van der Waals surface area (Å²) in [6, 6.07) is 4.30. The van der Waals surface area contributed by atoms with Crippen molar-refractivity contribution >= 4 is 21.6 Å². The van der Waals surface area contributed by atoms with Crippen LogP contribution < -0.4 is 5.32 Å². The maximum Gasteiger partial charge on any atom is 0.311 e. The lowest BCUT2D eigenvalue weighted by molar-refractivity contribution is -0.385. The lowest BCUT2D eigenvalue weighted by Crippen LogP contribution is -2.14. The van der Waals surface area contributed by atoms with Crippen LogP contribution in [0.4, 0.5) is 5.69 Å². The molecule has 2 N–H and O–H groups in total. The van der Waals surface area contributed by atoms with Crippen molar-refractivity contribution in [3.63, 3.8) is 0 Å². The lowest BCUT2D eigenvalue weighted by Gasteiger charge is -2.04. The first kappa shape index (κ1) is 12.7. The third-order valence-electron chi connectivity index (χ3n) is 1.88. The number of nitrogens with zero attached hydrogens (tertiary/aromatic N) is 1.